The number of rotatable bonds is 1. The van der Waals surface area contributed by atoms with Gasteiger partial charge in [-0.3, -0.25) is 5.10 Å². The van der Waals surface area contributed by atoms with Crippen molar-refractivity contribution < 1.29 is 0 Å². The van der Waals surface area contributed by atoms with E-state index in [1.54, 1.807) is 12.4 Å². The number of hydrogen-bond donors (Lipinski definition) is 1. The lowest BCUT2D eigenvalue weighted by Crippen LogP contribution is -1.85. The summed E-state index contributed by atoms with van der Waals surface area (Å²) in [5, 5.41) is 6.66. The lowest BCUT2D eigenvalue weighted by atomic mass is 10.2. The van der Waals surface area contributed by atoms with Gasteiger partial charge in [-0.25, -0.2) is 4.98 Å². The molecule has 0 fully saturated rings. The summed E-state index contributed by atoms with van der Waals surface area (Å²) in [6.07, 6.45) is 4.54. The third-order valence-electron chi connectivity index (χ3n) is 1.60. The van der Waals surface area contributed by atoms with Crippen molar-refractivity contribution in [3.05, 3.63) is 35.2 Å². The van der Waals surface area contributed by atoms with Crippen molar-refractivity contribution in [2.45, 2.75) is 0 Å². The van der Waals surface area contributed by atoms with E-state index in [0.29, 0.717) is 11.3 Å². The van der Waals surface area contributed by atoms with Crippen LogP contribution in [0.1, 0.15) is 0 Å². The molecule has 0 aliphatic rings. The molecule has 0 amide bonds. The molecule has 0 aliphatic carbocycles. The van der Waals surface area contributed by atoms with Crippen LogP contribution in [0.3, 0.4) is 0 Å². The van der Waals surface area contributed by atoms with E-state index in [2.05, 4.69) is 25.0 Å². The molecule has 0 aromatic carbocycles. The first-order chi connectivity index (χ1) is 6.81. The molecule has 2 rings (SSSR count). The second-order valence-corrected chi connectivity index (χ2v) is 2.85. The highest BCUT2D eigenvalue weighted by atomic mass is 35.5. The Morgan fingerprint density at radius 3 is 2.93 bits per heavy atom. The summed E-state index contributed by atoms with van der Waals surface area (Å²) >= 11 is 5.68. The van der Waals surface area contributed by atoms with E-state index in [4.69, 9.17) is 18.2 Å². The Kier molecular flexibility index (Phi) is 2.13. The first-order valence-electron chi connectivity index (χ1n) is 3.70. The minimum atomic E-state index is 0.218. The van der Waals surface area contributed by atoms with Crippen molar-refractivity contribution in [1.82, 2.24) is 20.2 Å². The zero-order valence-corrected chi connectivity index (χ0v) is 7.65. The highest BCUT2D eigenvalue weighted by Gasteiger charge is 2.10. The van der Waals surface area contributed by atoms with Gasteiger partial charge in [0.05, 0.1) is 6.20 Å². The van der Waals surface area contributed by atoms with Crippen LogP contribution in [0.2, 0.25) is 5.15 Å². The fourth-order valence-corrected chi connectivity index (χ4v) is 1.15. The summed E-state index contributed by atoms with van der Waals surface area (Å²) in [7, 11) is 0. The number of nitrogens with one attached hydrogen (secondary N) is 1. The summed E-state index contributed by atoms with van der Waals surface area (Å²) < 4.78 is 0. The van der Waals surface area contributed by atoms with E-state index in [-0.39, 0.29) is 11.0 Å². The van der Waals surface area contributed by atoms with Crippen molar-refractivity contribution >= 4 is 17.4 Å². The third-order valence-corrected chi connectivity index (χ3v) is 1.78. The van der Waals surface area contributed by atoms with Crippen LogP contribution < -0.4 is 0 Å². The summed E-state index contributed by atoms with van der Waals surface area (Å²) in [5.74, 6) is 0.218. The Labute approximate surface area is 84.6 Å². The molecule has 2 aromatic heterocycles. The first kappa shape index (κ1) is 8.66. The molecule has 2 aromatic rings. The molecule has 0 spiro atoms. The summed E-state index contributed by atoms with van der Waals surface area (Å²) in [4.78, 5) is 11.1. The molecule has 0 aliphatic heterocycles. The standard InChI is InChI=1S/C8H4ClN5/c1-10-8-7(5-2-12-13-3-5)14-6(9)4-11-8/h2-4H,(H,12,13). The predicted molar refractivity (Wildman–Crippen MR) is 50.9 cm³/mol. The molecule has 14 heavy (non-hydrogen) atoms. The van der Waals surface area contributed by atoms with Gasteiger partial charge in [-0.1, -0.05) is 18.2 Å². The molecular formula is C8H4ClN5. The van der Waals surface area contributed by atoms with E-state index in [0.717, 1.165) is 0 Å². The molecule has 68 valence electrons. The zero-order chi connectivity index (χ0) is 9.97. The number of nitrogens with zero attached hydrogens (tertiary/aromatic N) is 4. The minimum Gasteiger partial charge on any atom is -0.359 e. The van der Waals surface area contributed by atoms with Crippen LogP contribution in [0.25, 0.3) is 16.1 Å². The van der Waals surface area contributed by atoms with E-state index in [1.165, 1.54) is 6.20 Å². The van der Waals surface area contributed by atoms with Crippen LogP contribution in [-0.4, -0.2) is 20.2 Å². The Bertz CT molecular complexity index is 485. The monoisotopic (exact) mass is 205 g/mol. The minimum absolute atomic E-state index is 0.218. The molecule has 5 nitrogen and oxygen atoms in total. The second-order valence-electron chi connectivity index (χ2n) is 2.46. The lowest BCUT2D eigenvalue weighted by molar-refractivity contribution is 1.09. The highest BCUT2D eigenvalue weighted by Crippen LogP contribution is 2.26. The van der Waals surface area contributed by atoms with Gasteiger partial charge in [-0.05, 0) is 0 Å². The average Bonchev–Trinajstić information content (AvgIpc) is 2.70. The van der Waals surface area contributed by atoms with Gasteiger partial charge >= 0.3 is 0 Å². The van der Waals surface area contributed by atoms with Gasteiger partial charge in [-0.2, -0.15) is 5.10 Å². The van der Waals surface area contributed by atoms with Crippen LogP contribution in [-0.2, 0) is 0 Å². The highest BCUT2D eigenvalue weighted by molar-refractivity contribution is 6.29. The van der Waals surface area contributed by atoms with Gasteiger partial charge < -0.3 is 4.85 Å². The number of aromatic amines is 1. The van der Waals surface area contributed by atoms with Crippen LogP contribution >= 0.6 is 11.6 Å². The zero-order valence-electron chi connectivity index (χ0n) is 6.90. The van der Waals surface area contributed by atoms with Crippen molar-refractivity contribution in [3.8, 4) is 11.3 Å². The van der Waals surface area contributed by atoms with Crippen molar-refractivity contribution in [1.29, 1.82) is 0 Å². The Hall–Kier alpha value is -1.93. The summed E-state index contributed by atoms with van der Waals surface area (Å²) in [5.41, 5.74) is 1.15. The Balaban J connectivity index is 2.63. The molecule has 0 atom stereocenters. The van der Waals surface area contributed by atoms with Crippen LogP contribution in [0, 0.1) is 6.57 Å². The van der Waals surface area contributed by atoms with Crippen LogP contribution in [0.15, 0.2) is 18.6 Å². The van der Waals surface area contributed by atoms with Gasteiger partial charge in [-0.15, -0.1) is 4.98 Å². The van der Waals surface area contributed by atoms with Gasteiger partial charge in [0.2, 0.25) is 0 Å². The number of hydrogen-bond acceptors (Lipinski definition) is 3. The van der Waals surface area contributed by atoms with Crippen molar-refractivity contribution in [3.63, 3.8) is 0 Å². The first-order valence-corrected chi connectivity index (χ1v) is 4.08. The van der Waals surface area contributed by atoms with Crippen molar-refractivity contribution in [2.24, 2.45) is 0 Å². The molecule has 1 N–H and O–H groups in total. The van der Waals surface area contributed by atoms with Gasteiger partial charge in [0.25, 0.3) is 5.82 Å². The SMILES string of the molecule is [C-]#[N+]c1ncc(Cl)nc1-c1cn[nH]c1. The maximum Gasteiger partial charge on any atom is 0.296 e. The fourth-order valence-electron chi connectivity index (χ4n) is 1.02. The number of halogens is 1. The predicted octanol–water partition coefficient (Wildman–Crippen LogP) is 2.07. The smallest absolute Gasteiger partial charge is 0.296 e. The van der Waals surface area contributed by atoms with Crippen LogP contribution in [0.4, 0.5) is 5.82 Å². The van der Waals surface area contributed by atoms with E-state index in [1.807, 2.05) is 0 Å². The normalized spacial score (nSPS) is 9.71. The quantitative estimate of drug-likeness (QED) is 0.725. The van der Waals surface area contributed by atoms with Gasteiger partial charge in [0.15, 0.2) is 11.3 Å². The maximum absolute atomic E-state index is 6.91. The molecule has 2 heterocycles. The molecular weight excluding hydrogens is 202 g/mol. The molecule has 0 radical (unpaired) electrons. The second kappa shape index (κ2) is 3.44. The number of aromatic nitrogens is 4. The molecule has 0 unspecified atom stereocenters. The fraction of sp³-hybridized carbons (Fsp3) is 0. The topological polar surface area (TPSA) is 58.8 Å². The van der Waals surface area contributed by atoms with Crippen LogP contribution in [0.5, 0.6) is 0 Å². The molecule has 6 heteroatoms. The molecule has 0 saturated carbocycles. The average molecular weight is 206 g/mol. The van der Waals surface area contributed by atoms with Gasteiger partial charge in [0, 0.05) is 11.8 Å². The van der Waals surface area contributed by atoms with Crippen molar-refractivity contribution in [2.75, 3.05) is 0 Å². The summed E-state index contributed by atoms with van der Waals surface area (Å²) in [6.45, 7) is 6.91. The van der Waals surface area contributed by atoms with E-state index >= 15 is 0 Å². The van der Waals surface area contributed by atoms with E-state index < -0.39 is 0 Å². The molecule has 0 saturated heterocycles. The number of H-pyrrole nitrogens is 1. The Morgan fingerprint density at radius 2 is 2.29 bits per heavy atom. The Morgan fingerprint density at radius 1 is 1.43 bits per heavy atom. The third kappa shape index (κ3) is 1.43. The molecule has 0 bridgehead atoms. The summed E-state index contributed by atoms with van der Waals surface area (Å²) in [6, 6.07) is 0. The maximum atomic E-state index is 6.91. The lowest BCUT2D eigenvalue weighted by Gasteiger charge is -1.97. The largest absolute Gasteiger partial charge is 0.359 e. The van der Waals surface area contributed by atoms with E-state index in [9.17, 15) is 0 Å². The van der Waals surface area contributed by atoms with Gasteiger partial charge in [0.1, 0.15) is 5.69 Å².